The topological polar surface area (TPSA) is 30.1 Å². The zero-order chi connectivity index (χ0) is 19.7. The van der Waals surface area contributed by atoms with Crippen molar-refractivity contribution in [2.45, 2.75) is 0 Å². The molecule has 0 radical (unpaired) electrons. The first-order valence-corrected chi connectivity index (χ1v) is 9.82. The number of nitrogens with zero attached hydrogens (tertiary/aromatic N) is 2. The Morgan fingerprint density at radius 3 is 1.90 bits per heavy atom. The van der Waals surface area contributed by atoms with Crippen LogP contribution in [0, 0.1) is 0 Å². The van der Waals surface area contributed by atoms with E-state index in [-0.39, 0.29) is 5.75 Å². The molecule has 3 heteroatoms. The summed E-state index contributed by atoms with van der Waals surface area (Å²) in [5.74, 6) is 0.286. The highest BCUT2D eigenvalue weighted by atomic mass is 16.3. The van der Waals surface area contributed by atoms with E-state index < -0.39 is 0 Å². The Morgan fingerprint density at radius 2 is 1.21 bits per heavy atom. The summed E-state index contributed by atoms with van der Waals surface area (Å²) in [7, 11) is 4.30. The smallest absolute Gasteiger partial charge is 0.115 e. The van der Waals surface area contributed by atoms with Gasteiger partial charge in [-0.2, -0.15) is 0 Å². The molecule has 0 amide bonds. The normalized spacial score (nSPS) is 11.9. The summed E-state index contributed by atoms with van der Waals surface area (Å²) in [6, 6.07) is 27.0. The van der Waals surface area contributed by atoms with Gasteiger partial charge in [0, 0.05) is 46.7 Å². The summed E-state index contributed by atoms with van der Waals surface area (Å²) in [5.41, 5.74) is 7.22. The molecule has 0 saturated carbocycles. The molecule has 6 rings (SSSR count). The molecule has 1 N–H and O–H groups in total. The van der Waals surface area contributed by atoms with Crippen LogP contribution >= 0.6 is 0 Å². The van der Waals surface area contributed by atoms with Crippen LogP contribution in [0.1, 0.15) is 0 Å². The van der Waals surface area contributed by atoms with Crippen LogP contribution in [0.4, 0.5) is 0 Å². The number of hydrogen-bond acceptors (Lipinski definition) is 1. The summed E-state index contributed by atoms with van der Waals surface area (Å²) >= 11 is 0. The van der Waals surface area contributed by atoms with Gasteiger partial charge in [-0.05, 0) is 41.5 Å². The first kappa shape index (κ1) is 16.3. The van der Waals surface area contributed by atoms with Crippen molar-refractivity contribution in [3.63, 3.8) is 0 Å². The minimum absolute atomic E-state index is 0.286. The lowest BCUT2D eigenvalue weighted by Crippen LogP contribution is -1.91. The van der Waals surface area contributed by atoms with Gasteiger partial charge < -0.3 is 14.2 Å². The Balaban J connectivity index is 1.94. The number of aromatic nitrogens is 2. The molecule has 4 aromatic carbocycles. The first-order valence-electron chi connectivity index (χ1n) is 9.82. The number of aromatic hydroxyl groups is 1. The standard InChI is InChI=1S/C26H20N2O/c1-27-21-9-5-4-8-19(21)25-23(27)15-20(16-11-13-17(29)14-12-16)24-18-7-3-6-10-22(18)28(2)26(24)25/h3-15,29H,1-2H3. The van der Waals surface area contributed by atoms with Crippen LogP contribution in [0.3, 0.4) is 0 Å². The predicted octanol–water partition coefficient (Wildman–Crippen LogP) is 6.35. The molecule has 29 heavy (non-hydrogen) atoms. The minimum atomic E-state index is 0.286. The fraction of sp³-hybridized carbons (Fsp3) is 0.0769. The second-order valence-corrected chi connectivity index (χ2v) is 7.74. The number of phenolic OH excluding ortho intramolecular Hbond substituents is 1. The number of para-hydroxylation sites is 2. The molecule has 0 bridgehead atoms. The maximum atomic E-state index is 9.80. The van der Waals surface area contributed by atoms with Crippen LogP contribution in [-0.2, 0) is 14.1 Å². The summed E-state index contributed by atoms with van der Waals surface area (Å²) in [6.45, 7) is 0. The SMILES string of the molecule is Cn1c2ccccc2c2c1cc(-c1ccc(O)cc1)c1c3ccccc3n(C)c12. The highest BCUT2D eigenvalue weighted by Crippen LogP contribution is 2.43. The molecule has 3 nitrogen and oxygen atoms in total. The lowest BCUT2D eigenvalue weighted by molar-refractivity contribution is 0.475. The van der Waals surface area contributed by atoms with Crippen molar-refractivity contribution in [3.8, 4) is 16.9 Å². The lowest BCUT2D eigenvalue weighted by atomic mass is 9.96. The van der Waals surface area contributed by atoms with Gasteiger partial charge in [-0.3, -0.25) is 0 Å². The van der Waals surface area contributed by atoms with Crippen molar-refractivity contribution < 1.29 is 5.11 Å². The van der Waals surface area contributed by atoms with Crippen LogP contribution in [0.15, 0.2) is 78.9 Å². The molecule has 0 aliphatic carbocycles. The van der Waals surface area contributed by atoms with Crippen molar-refractivity contribution in [3.05, 3.63) is 78.9 Å². The number of phenols is 1. The summed E-state index contributed by atoms with van der Waals surface area (Å²) in [5, 5.41) is 14.9. The fourth-order valence-corrected chi connectivity index (χ4v) is 4.87. The van der Waals surface area contributed by atoms with Crippen molar-refractivity contribution in [1.82, 2.24) is 9.13 Å². The zero-order valence-electron chi connectivity index (χ0n) is 16.3. The van der Waals surface area contributed by atoms with E-state index in [1.165, 1.54) is 49.2 Å². The van der Waals surface area contributed by atoms with Gasteiger partial charge in [0.2, 0.25) is 0 Å². The molecular formula is C26H20N2O. The highest BCUT2D eigenvalue weighted by molar-refractivity contribution is 6.28. The van der Waals surface area contributed by atoms with Gasteiger partial charge in [0.15, 0.2) is 0 Å². The average molecular weight is 376 g/mol. The van der Waals surface area contributed by atoms with Gasteiger partial charge >= 0.3 is 0 Å². The molecule has 6 aromatic rings. The summed E-state index contributed by atoms with van der Waals surface area (Å²) in [6.07, 6.45) is 0. The molecule has 2 heterocycles. The van der Waals surface area contributed by atoms with Crippen molar-refractivity contribution in [1.29, 1.82) is 0 Å². The summed E-state index contributed by atoms with van der Waals surface area (Å²) < 4.78 is 4.61. The van der Waals surface area contributed by atoms with E-state index in [0.29, 0.717) is 0 Å². The van der Waals surface area contributed by atoms with Crippen LogP contribution in [0.2, 0.25) is 0 Å². The Bertz CT molecular complexity index is 1570. The van der Waals surface area contributed by atoms with Crippen LogP contribution in [-0.4, -0.2) is 14.2 Å². The van der Waals surface area contributed by atoms with E-state index in [0.717, 1.165) is 5.56 Å². The largest absolute Gasteiger partial charge is 0.508 e. The van der Waals surface area contributed by atoms with E-state index in [1.54, 1.807) is 12.1 Å². The Labute approximate surface area is 168 Å². The first-order chi connectivity index (χ1) is 14.1. The zero-order valence-corrected chi connectivity index (χ0v) is 16.3. The van der Waals surface area contributed by atoms with E-state index in [9.17, 15) is 5.11 Å². The molecule has 0 atom stereocenters. The third-order valence-electron chi connectivity index (χ3n) is 6.22. The van der Waals surface area contributed by atoms with Gasteiger partial charge in [0.1, 0.15) is 5.75 Å². The van der Waals surface area contributed by atoms with Gasteiger partial charge in [0.05, 0.1) is 11.0 Å². The van der Waals surface area contributed by atoms with Crippen LogP contribution < -0.4 is 0 Å². The number of benzene rings is 4. The molecule has 0 saturated heterocycles. The van der Waals surface area contributed by atoms with Crippen LogP contribution in [0.25, 0.3) is 54.7 Å². The number of rotatable bonds is 1. The second-order valence-electron chi connectivity index (χ2n) is 7.74. The molecule has 0 spiro atoms. The third kappa shape index (κ3) is 2.07. The molecule has 0 unspecified atom stereocenters. The summed E-state index contributed by atoms with van der Waals surface area (Å²) in [4.78, 5) is 0. The third-order valence-corrected chi connectivity index (χ3v) is 6.22. The maximum absolute atomic E-state index is 9.80. The van der Waals surface area contributed by atoms with E-state index in [4.69, 9.17) is 0 Å². The van der Waals surface area contributed by atoms with Crippen molar-refractivity contribution in [2.75, 3.05) is 0 Å². The Kier molecular flexibility index (Phi) is 3.16. The quantitative estimate of drug-likeness (QED) is 0.356. The van der Waals surface area contributed by atoms with Gasteiger partial charge in [0.25, 0.3) is 0 Å². The Hall–Kier alpha value is -3.72. The number of fused-ring (bicyclic) bond motifs is 7. The minimum Gasteiger partial charge on any atom is -0.508 e. The van der Waals surface area contributed by atoms with Crippen molar-refractivity contribution >= 4 is 43.6 Å². The fourth-order valence-electron chi connectivity index (χ4n) is 4.87. The maximum Gasteiger partial charge on any atom is 0.115 e. The molecule has 0 aliphatic heterocycles. The van der Waals surface area contributed by atoms with E-state index in [1.807, 2.05) is 12.1 Å². The predicted molar refractivity (Wildman–Crippen MR) is 122 cm³/mol. The number of hydrogen-bond donors (Lipinski definition) is 1. The molecule has 2 aromatic heterocycles. The molecule has 0 fully saturated rings. The van der Waals surface area contributed by atoms with E-state index >= 15 is 0 Å². The Morgan fingerprint density at radius 1 is 0.621 bits per heavy atom. The van der Waals surface area contributed by atoms with Gasteiger partial charge in [-0.1, -0.05) is 48.5 Å². The highest BCUT2D eigenvalue weighted by Gasteiger charge is 2.20. The number of aryl methyl sites for hydroxylation is 2. The second kappa shape index (κ2) is 5.65. The average Bonchev–Trinajstić information content (AvgIpc) is 3.21. The lowest BCUT2D eigenvalue weighted by Gasteiger charge is -2.09. The van der Waals surface area contributed by atoms with E-state index in [2.05, 4.69) is 77.8 Å². The molecule has 140 valence electrons. The van der Waals surface area contributed by atoms with Gasteiger partial charge in [-0.15, -0.1) is 0 Å². The van der Waals surface area contributed by atoms with Crippen molar-refractivity contribution in [2.24, 2.45) is 14.1 Å². The molecular weight excluding hydrogens is 356 g/mol. The molecule has 0 aliphatic rings. The van der Waals surface area contributed by atoms with Crippen LogP contribution in [0.5, 0.6) is 5.75 Å². The monoisotopic (exact) mass is 376 g/mol. The van der Waals surface area contributed by atoms with Gasteiger partial charge in [-0.25, -0.2) is 0 Å².